The maximum absolute atomic E-state index is 11.7. The first-order valence-corrected chi connectivity index (χ1v) is 6.69. The van der Waals surface area contributed by atoms with Crippen LogP contribution in [0.3, 0.4) is 0 Å². The quantitative estimate of drug-likeness (QED) is 0.779. The third-order valence-electron chi connectivity index (χ3n) is 4.20. The molecule has 4 nitrogen and oxygen atoms in total. The summed E-state index contributed by atoms with van der Waals surface area (Å²) in [6.45, 7) is 8.80. The first kappa shape index (κ1) is 17.7. The number of carbonyl (C=O) groups is 1. The molecular weight excluding hydrogens is 252 g/mol. The Kier molecular flexibility index (Phi) is 7.18. The number of rotatable bonds is 6. The van der Waals surface area contributed by atoms with Gasteiger partial charge in [0.2, 0.25) is 5.91 Å². The molecule has 1 saturated carbocycles. The normalized spacial score (nSPS) is 26.7. The monoisotopic (exact) mass is 278 g/mol. The Morgan fingerprint density at radius 3 is 2.39 bits per heavy atom. The Hall–Kier alpha value is -0.320. The Morgan fingerprint density at radius 1 is 1.44 bits per heavy atom. The minimum atomic E-state index is -0.437. The Morgan fingerprint density at radius 2 is 2.00 bits per heavy atom. The van der Waals surface area contributed by atoms with Crippen LogP contribution in [0.25, 0.3) is 0 Å². The van der Waals surface area contributed by atoms with Crippen molar-refractivity contribution in [2.24, 2.45) is 11.1 Å². The lowest BCUT2D eigenvalue weighted by molar-refractivity contribution is -0.149. The predicted octanol–water partition coefficient (Wildman–Crippen LogP) is 1.86. The fourth-order valence-electron chi connectivity index (χ4n) is 2.89. The fraction of sp³-hybridized carbons (Fsp3) is 0.923. The lowest BCUT2D eigenvalue weighted by Crippen LogP contribution is -2.65. The van der Waals surface area contributed by atoms with Gasteiger partial charge in [-0.3, -0.25) is 4.79 Å². The second-order valence-electron chi connectivity index (χ2n) is 4.97. The highest BCUT2D eigenvalue weighted by Crippen LogP contribution is 2.48. The highest BCUT2D eigenvalue weighted by molar-refractivity contribution is 5.85. The summed E-state index contributed by atoms with van der Waals surface area (Å²) in [4.78, 5) is 11.7. The summed E-state index contributed by atoms with van der Waals surface area (Å²) < 4.78 is 5.77. The summed E-state index contributed by atoms with van der Waals surface area (Å²) in [5.41, 5.74) is 5.68. The minimum absolute atomic E-state index is 0. The van der Waals surface area contributed by atoms with Gasteiger partial charge in [-0.15, -0.1) is 12.4 Å². The second kappa shape index (κ2) is 7.31. The number of amides is 1. The third-order valence-corrected chi connectivity index (χ3v) is 4.20. The van der Waals surface area contributed by atoms with Gasteiger partial charge in [0.1, 0.15) is 0 Å². The summed E-state index contributed by atoms with van der Waals surface area (Å²) >= 11 is 0. The van der Waals surface area contributed by atoms with Gasteiger partial charge in [-0.25, -0.2) is 0 Å². The molecule has 1 fully saturated rings. The van der Waals surface area contributed by atoms with Crippen LogP contribution in [-0.2, 0) is 9.53 Å². The van der Waals surface area contributed by atoms with Crippen LogP contribution in [0.2, 0.25) is 0 Å². The SMILES string of the molecule is CCOC1CC(NC(=O)[C@@H](C)N)C1(CC)CC.Cl. The summed E-state index contributed by atoms with van der Waals surface area (Å²) in [5.74, 6) is -0.0591. The Labute approximate surface area is 116 Å². The van der Waals surface area contributed by atoms with E-state index >= 15 is 0 Å². The molecule has 2 unspecified atom stereocenters. The number of nitrogens with two attached hydrogens (primary N) is 1. The summed E-state index contributed by atoms with van der Waals surface area (Å²) in [5, 5.41) is 3.05. The molecule has 108 valence electrons. The molecule has 18 heavy (non-hydrogen) atoms. The van der Waals surface area contributed by atoms with Gasteiger partial charge < -0.3 is 15.8 Å². The molecular formula is C13H27ClN2O2. The zero-order valence-corrected chi connectivity index (χ0v) is 12.7. The molecule has 0 heterocycles. The molecule has 1 rings (SSSR count). The van der Waals surface area contributed by atoms with Gasteiger partial charge in [-0.1, -0.05) is 13.8 Å². The molecule has 5 heteroatoms. The summed E-state index contributed by atoms with van der Waals surface area (Å²) in [6.07, 6.45) is 3.24. The van der Waals surface area contributed by atoms with Crippen molar-refractivity contribution in [2.45, 2.75) is 65.1 Å². The molecule has 3 N–H and O–H groups in total. The lowest BCUT2D eigenvalue weighted by atomic mass is 9.58. The number of hydrogen-bond acceptors (Lipinski definition) is 3. The van der Waals surface area contributed by atoms with E-state index in [1.54, 1.807) is 6.92 Å². The number of ether oxygens (including phenoxy) is 1. The van der Waals surface area contributed by atoms with Crippen LogP contribution in [0.5, 0.6) is 0 Å². The molecule has 0 aromatic rings. The van der Waals surface area contributed by atoms with Gasteiger partial charge in [0.05, 0.1) is 12.1 Å². The topological polar surface area (TPSA) is 64.3 Å². The number of carbonyl (C=O) groups excluding carboxylic acids is 1. The molecule has 0 saturated heterocycles. The average Bonchev–Trinajstić information content (AvgIpc) is 2.29. The van der Waals surface area contributed by atoms with E-state index < -0.39 is 6.04 Å². The van der Waals surface area contributed by atoms with Gasteiger partial charge in [-0.2, -0.15) is 0 Å². The molecule has 1 aliphatic rings. The molecule has 1 amide bonds. The predicted molar refractivity (Wildman–Crippen MR) is 75.9 cm³/mol. The largest absolute Gasteiger partial charge is 0.378 e. The van der Waals surface area contributed by atoms with Crippen LogP contribution < -0.4 is 11.1 Å². The smallest absolute Gasteiger partial charge is 0.236 e. The fourth-order valence-corrected chi connectivity index (χ4v) is 2.89. The lowest BCUT2D eigenvalue weighted by Gasteiger charge is -2.55. The van der Waals surface area contributed by atoms with Crippen LogP contribution in [0, 0.1) is 5.41 Å². The minimum Gasteiger partial charge on any atom is -0.378 e. The van der Waals surface area contributed by atoms with Crippen LogP contribution >= 0.6 is 12.4 Å². The number of nitrogens with one attached hydrogen (secondary N) is 1. The maximum atomic E-state index is 11.7. The average molecular weight is 279 g/mol. The molecule has 0 aromatic heterocycles. The van der Waals surface area contributed by atoms with Gasteiger partial charge in [-0.05, 0) is 33.1 Å². The van der Waals surface area contributed by atoms with Crippen molar-refractivity contribution >= 4 is 18.3 Å². The van der Waals surface area contributed by atoms with Gasteiger partial charge in [0, 0.05) is 18.1 Å². The molecule has 1 aliphatic carbocycles. The zero-order valence-electron chi connectivity index (χ0n) is 11.9. The van der Waals surface area contributed by atoms with E-state index in [4.69, 9.17) is 10.5 Å². The van der Waals surface area contributed by atoms with Crippen LogP contribution in [0.4, 0.5) is 0 Å². The highest BCUT2D eigenvalue weighted by atomic mass is 35.5. The summed E-state index contributed by atoms with van der Waals surface area (Å²) in [7, 11) is 0. The van der Waals surface area contributed by atoms with Crippen LogP contribution in [0.1, 0.15) is 47.0 Å². The maximum Gasteiger partial charge on any atom is 0.236 e. The number of hydrogen-bond donors (Lipinski definition) is 2. The Balaban J connectivity index is 0.00000289. The van der Waals surface area contributed by atoms with E-state index in [1.807, 2.05) is 6.92 Å². The van der Waals surface area contributed by atoms with Crippen molar-refractivity contribution in [3.8, 4) is 0 Å². The van der Waals surface area contributed by atoms with Gasteiger partial charge >= 0.3 is 0 Å². The van der Waals surface area contributed by atoms with Crippen LogP contribution in [0.15, 0.2) is 0 Å². The van der Waals surface area contributed by atoms with E-state index in [9.17, 15) is 4.79 Å². The second-order valence-corrected chi connectivity index (χ2v) is 4.97. The van der Waals surface area contributed by atoms with E-state index in [1.165, 1.54) is 0 Å². The van der Waals surface area contributed by atoms with Gasteiger partial charge in [0.25, 0.3) is 0 Å². The molecule has 3 atom stereocenters. The van der Waals surface area contributed by atoms with E-state index in [2.05, 4.69) is 19.2 Å². The molecule has 0 aromatic carbocycles. The van der Waals surface area contributed by atoms with Crippen molar-refractivity contribution < 1.29 is 9.53 Å². The van der Waals surface area contributed by atoms with Crippen molar-refractivity contribution in [3.63, 3.8) is 0 Å². The zero-order chi connectivity index (χ0) is 13.1. The highest BCUT2D eigenvalue weighted by Gasteiger charge is 2.53. The third kappa shape index (κ3) is 3.16. The first-order chi connectivity index (χ1) is 8.01. The van der Waals surface area contributed by atoms with Crippen molar-refractivity contribution in [2.75, 3.05) is 6.61 Å². The van der Waals surface area contributed by atoms with E-state index in [0.717, 1.165) is 25.9 Å². The van der Waals surface area contributed by atoms with E-state index in [0.29, 0.717) is 0 Å². The first-order valence-electron chi connectivity index (χ1n) is 6.69. The molecule has 0 radical (unpaired) electrons. The molecule has 0 aliphatic heterocycles. The molecule has 0 bridgehead atoms. The van der Waals surface area contributed by atoms with Crippen LogP contribution in [-0.4, -0.2) is 30.7 Å². The van der Waals surface area contributed by atoms with E-state index in [-0.39, 0.29) is 35.9 Å². The number of halogens is 1. The van der Waals surface area contributed by atoms with Crippen molar-refractivity contribution in [1.29, 1.82) is 0 Å². The van der Waals surface area contributed by atoms with Crippen molar-refractivity contribution in [1.82, 2.24) is 5.32 Å². The summed E-state index contributed by atoms with van der Waals surface area (Å²) in [6, 6.07) is -0.222. The van der Waals surface area contributed by atoms with Gasteiger partial charge in [0.15, 0.2) is 0 Å². The van der Waals surface area contributed by atoms with Crippen molar-refractivity contribution in [3.05, 3.63) is 0 Å². The molecule has 0 spiro atoms. The standard InChI is InChI=1S/C13H26N2O2.ClH/c1-5-13(6-2)10(8-11(13)17-7-3)15-12(16)9(4)14;/h9-11H,5-8,14H2,1-4H3,(H,15,16);1H/t9-,10?,11?;/m1./s1. The Bertz CT molecular complexity index is 268.